The molecular formula is C12H25O2. The lowest BCUT2D eigenvalue weighted by molar-refractivity contribution is -0.281. The molecule has 1 radical (unpaired) electrons. The van der Waals surface area contributed by atoms with Crippen molar-refractivity contribution in [2.24, 2.45) is 0 Å². The summed E-state index contributed by atoms with van der Waals surface area (Å²) >= 11 is 0. The van der Waals surface area contributed by atoms with E-state index >= 15 is 0 Å². The number of hydrogen-bond donors (Lipinski definition) is 1. The standard InChI is InChI=1S/C12H25O2/c1-3-5-6-7-8-9-11-12(14-13)10-4-2/h12-13H,2-11H2,1H3. The molecule has 85 valence electrons. The summed E-state index contributed by atoms with van der Waals surface area (Å²) in [6.07, 6.45) is 10.4. The van der Waals surface area contributed by atoms with Crippen molar-refractivity contribution < 1.29 is 10.1 Å². The molecule has 0 aliphatic heterocycles. The topological polar surface area (TPSA) is 29.5 Å². The van der Waals surface area contributed by atoms with Gasteiger partial charge < -0.3 is 0 Å². The van der Waals surface area contributed by atoms with Crippen LogP contribution in [0.3, 0.4) is 0 Å². The maximum atomic E-state index is 8.57. The van der Waals surface area contributed by atoms with Gasteiger partial charge in [-0.3, -0.25) is 5.26 Å². The molecule has 0 rings (SSSR count). The monoisotopic (exact) mass is 201 g/mol. The molecule has 0 saturated carbocycles. The zero-order valence-electron chi connectivity index (χ0n) is 9.50. The van der Waals surface area contributed by atoms with E-state index in [4.69, 9.17) is 5.26 Å². The summed E-state index contributed by atoms with van der Waals surface area (Å²) < 4.78 is 0. The Morgan fingerprint density at radius 3 is 2.29 bits per heavy atom. The number of unbranched alkanes of at least 4 members (excludes halogenated alkanes) is 5. The summed E-state index contributed by atoms with van der Waals surface area (Å²) in [5.41, 5.74) is 0. The zero-order valence-corrected chi connectivity index (χ0v) is 9.50. The molecule has 0 aromatic rings. The molecule has 0 aliphatic rings. The van der Waals surface area contributed by atoms with E-state index in [-0.39, 0.29) is 6.10 Å². The van der Waals surface area contributed by atoms with Gasteiger partial charge in [-0.25, -0.2) is 4.89 Å². The molecule has 14 heavy (non-hydrogen) atoms. The first-order valence-corrected chi connectivity index (χ1v) is 5.94. The Bertz CT molecular complexity index is 104. The number of hydrogen-bond acceptors (Lipinski definition) is 2. The van der Waals surface area contributed by atoms with Gasteiger partial charge >= 0.3 is 0 Å². The third-order valence-corrected chi connectivity index (χ3v) is 2.55. The van der Waals surface area contributed by atoms with Crippen molar-refractivity contribution in [2.75, 3.05) is 0 Å². The van der Waals surface area contributed by atoms with Gasteiger partial charge in [0.05, 0.1) is 6.10 Å². The molecule has 0 bridgehead atoms. The summed E-state index contributed by atoms with van der Waals surface area (Å²) in [5, 5.41) is 8.57. The van der Waals surface area contributed by atoms with Gasteiger partial charge in [0.15, 0.2) is 0 Å². The molecule has 0 aromatic carbocycles. The molecule has 0 saturated heterocycles. The molecule has 0 heterocycles. The molecule has 1 atom stereocenters. The van der Waals surface area contributed by atoms with Crippen molar-refractivity contribution in [3.8, 4) is 0 Å². The fourth-order valence-corrected chi connectivity index (χ4v) is 1.63. The highest BCUT2D eigenvalue weighted by molar-refractivity contribution is 4.58. The Labute approximate surface area is 88.6 Å². The van der Waals surface area contributed by atoms with E-state index in [0.29, 0.717) is 0 Å². The average molecular weight is 201 g/mol. The Hall–Kier alpha value is -0.0800. The predicted octanol–water partition coefficient (Wildman–Crippen LogP) is 4.21. The van der Waals surface area contributed by atoms with Gasteiger partial charge in [0.25, 0.3) is 0 Å². The lowest BCUT2D eigenvalue weighted by atomic mass is 10.0. The van der Waals surface area contributed by atoms with E-state index in [1.165, 1.54) is 32.1 Å². The second kappa shape index (κ2) is 11.0. The van der Waals surface area contributed by atoms with Gasteiger partial charge in [0, 0.05) is 0 Å². The highest BCUT2D eigenvalue weighted by atomic mass is 17.1. The summed E-state index contributed by atoms with van der Waals surface area (Å²) in [7, 11) is 0. The van der Waals surface area contributed by atoms with Crippen molar-refractivity contribution in [2.45, 2.75) is 70.8 Å². The summed E-state index contributed by atoms with van der Waals surface area (Å²) in [6.45, 7) is 5.98. The van der Waals surface area contributed by atoms with Crippen LogP contribution < -0.4 is 0 Å². The van der Waals surface area contributed by atoms with Crippen LogP contribution in [0.5, 0.6) is 0 Å². The van der Waals surface area contributed by atoms with Gasteiger partial charge in [0.1, 0.15) is 0 Å². The largest absolute Gasteiger partial charge is 0.252 e. The minimum absolute atomic E-state index is 0.0127. The molecule has 0 fully saturated rings. The highest BCUT2D eigenvalue weighted by Crippen LogP contribution is 2.12. The third-order valence-electron chi connectivity index (χ3n) is 2.55. The Balaban J connectivity index is 3.15. The summed E-state index contributed by atoms with van der Waals surface area (Å²) in [4.78, 5) is 4.38. The molecule has 1 unspecified atom stereocenters. The van der Waals surface area contributed by atoms with Crippen LogP contribution in [0, 0.1) is 6.92 Å². The van der Waals surface area contributed by atoms with E-state index in [1.54, 1.807) is 0 Å². The number of rotatable bonds is 10. The fourth-order valence-electron chi connectivity index (χ4n) is 1.63. The third kappa shape index (κ3) is 8.52. The smallest absolute Gasteiger partial charge is 0.0927 e. The predicted molar refractivity (Wildman–Crippen MR) is 60.1 cm³/mol. The van der Waals surface area contributed by atoms with Crippen LogP contribution in [0.4, 0.5) is 0 Å². The van der Waals surface area contributed by atoms with Crippen LogP contribution in [-0.4, -0.2) is 11.4 Å². The lowest BCUT2D eigenvalue weighted by Crippen LogP contribution is -2.09. The maximum absolute atomic E-state index is 8.57. The first-order chi connectivity index (χ1) is 6.85. The van der Waals surface area contributed by atoms with Gasteiger partial charge in [0.2, 0.25) is 0 Å². The molecule has 0 amide bonds. The van der Waals surface area contributed by atoms with Crippen LogP contribution in [0.1, 0.15) is 64.7 Å². The van der Waals surface area contributed by atoms with Crippen molar-refractivity contribution in [3.63, 3.8) is 0 Å². The van der Waals surface area contributed by atoms with Crippen LogP contribution in [0.2, 0.25) is 0 Å². The van der Waals surface area contributed by atoms with Crippen molar-refractivity contribution >= 4 is 0 Å². The average Bonchev–Trinajstić information content (AvgIpc) is 2.21. The van der Waals surface area contributed by atoms with Gasteiger partial charge in [-0.2, -0.15) is 0 Å². The van der Waals surface area contributed by atoms with E-state index in [0.717, 1.165) is 25.7 Å². The molecule has 2 nitrogen and oxygen atoms in total. The van der Waals surface area contributed by atoms with Crippen molar-refractivity contribution in [1.82, 2.24) is 0 Å². The van der Waals surface area contributed by atoms with E-state index in [1.807, 2.05) is 0 Å². The second-order valence-electron chi connectivity index (χ2n) is 3.93. The van der Waals surface area contributed by atoms with Crippen LogP contribution in [-0.2, 0) is 4.89 Å². The lowest BCUT2D eigenvalue weighted by Gasteiger charge is -2.11. The summed E-state index contributed by atoms with van der Waals surface area (Å²) in [5.74, 6) is 0. The molecular weight excluding hydrogens is 176 g/mol. The van der Waals surface area contributed by atoms with Crippen LogP contribution in [0.15, 0.2) is 0 Å². The molecule has 0 aliphatic carbocycles. The van der Waals surface area contributed by atoms with Crippen molar-refractivity contribution in [1.29, 1.82) is 0 Å². The summed E-state index contributed by atoms with van der Waals surface area (Å²) in [6, 6.07) is 0. The fraction of sp³-hybridized carbons (Fsp3) is 0.917. The zero-order chi connectivity index (χ0) is 10.6. The Kier molecular flexibility index (Phi) is 10.9. The first-order valence-electron chi connectivity index (χ1n) is 5.94. The Morgan fingerprint density at radius 1 is 1.07 bits per heavy atom. The van der Waals surface area contributed by atoms with E-state index in [9.17, 15) is 0 Å². The minimum Gasteiger partial charge on any atom is -0.252 e. The van der Waals surface area contributed by atoms with E-state index in [2.05, 4.69) is 18.7 Å². The molecule has 1 N–H and O–H groups in total. The van der Waals surface area contributed by atoms with Gasteiger partial charge in [-0.05, 0) is 12.8 Å². The van der Waals surface area contributed by atoms with Crippen molar-refractivity contribution in [3.05, 3.63) is 6.92 Å². The normalized spacial score (nSPS) is 13.1. The molecule has 0 aromatic heterocycles. The minimum atomic E-state index is 0.0127. The molecule has 2 heteroatoms. The quantitative estimate of drug-likeness (QED) is 0.326. The van der Waals surface area contributed by atoms with E-state index < -0.39 is 0 Å². The maximum Gasteiger partial charge on any atom is 0.0927 e. The first kappa shape index (κ1) is 13.9. The van der Waals surface area contributed by atoms with Gasteiger partial charge in [-0.15, -0.1) is 0 Å². The molecule has 0 spiro atoms. The highest BCUT2D eigenvalue weighted by Gasteiger charge is 2.06. The van der Waals surface area contributed by atoms with Gasteiger partial charge in [-0.1, -0.05) is 58.8 Å². The Morgan fingerprint density at radius 2 is 1.71 bits per heavy atom. The second-order valence-corrected chi connectivity index (χ2v) is 3.93. The van der Waals surface area contributed by atoms with Crippen LogP contribution >= 0.6 is 0 Å². The van der Waals surface area contributed by atoms with Crippen LogP contribution in [0.25, 0.3) is 0 Å². The SMILES string of the molecule is [CH2]CCC(CCCCCCCC)OO.